The van der Waals surface area contributed by atoms with Crippen LogP contribution in [0.2, 0.25) is 0 Å². The maximum Gasteiger partial charge on any atom is 0.339 e. The molecule has 0 bridgehead atoms. The fraction of sp³-hybridized carbons (Fsp3) is 0.241. The van der Waals surface area contributed by atoms with Gasteiger partial charge in [-0.3, -0.25) is 0 Å². The smallest absolute Gasteiger partial charge is 0.339 e. The summed E-state index contributed by atoms with van der Waals surface area (Å²) in [5, 5.41) is 0.753. The number of sulfonamides is 1. The highest BCUT2D eigenvalue weighted by Gasteiger charge is 2.28. The second-order valence-electron chi connectivity index (χ2n) is 9.00. The van der Waals surface area contributed by atoms with Crippen molar-refractivity contribution < 1.29 is 22.4 Å². The fourth-order valence-corrected chi connectivity index (χ4v) is 5.34. The molecule has 0 aliphatic heterocycles. The van der Waals surface area contributed by atoms with Crippen molar-refractivity contribution in [2.45, 2.75) is 51.0 Å². The predicted molar refractivity (Wildman–Crippen MR) is 142 cm³/mol. The molecule has 1 atom stereocenters. The van der Waals surface area contributed by atoms with Gasteiger partial charge in [-0.2, -0.15) is 4.72 Å². The van der Waals surface area contributed by atoms with E-state index in [2.05, 4.69) is 4.72 Å². The number of carbonyl (C=O) groups is 1. The van der Waals surface area contributed by atoms with Gasteiger partial charge in [0.1, 0.15) is 17.4 Å². The number of fused-ring (bicyclic) bond motifs is 1. The van der Waals surface area contributed by atoms with E-state index in [1.807, 2.05) is 51.1 Å². The normalized spacial score (nSPS) is 12.4. The SMILES string of the molecule is CCCc1c(C)c2ccc(OC(=O)[C@@H](Cc3ccccc3)NS(=O)(=O)c3ccc(C)cc3)cc2oc1=O. The van der Waals surface area contributed by atoms with E-state index in [1.165, 1.54) is 18.2 Å². The Hall–Kier alpha value is -3.75. The minimum Gasteiger partial charge on any atom is -0.425 e. The molecule has 0 radical (unpaired) electrons. The lowest BCUT2D eigenvalue weighted by Crippen LogP contribution is -2.44. The van der Waals surface area contributed by atoms with Crippen molar-refractivity contribution in [2.24, 2.45) is 0 Å². The van der Waals surface area contributed by atoms with Gasteiger partial charge in [-0.05, 0) is 62.1 Å². The van der Waals surface area contributed by atoms with E-state index in [9.17, 15) is 18.0 Å². The summed E-state index contributed by atoms with van der Waals surface area (Å²) in [6.45, 7) is 5.72. The fourth-order valence-electron chi connectivity index (χ4n) is 4.16. The maximum atomic E-state index is 13.2. The van der Waals surface area contributed by atoms with Crippen molar-refractivity contribution in [3.05, 3.63) is 105 Å². The van der Waals surface area contributed by atoms with Crippen molar-refractivity contribution in [1.29, 1.82) is 0 Å². The lowest BCUT2D eigenvalue weighted by Gasteiger charge is -2.18. The van der Waals surface area contributed by atoms with E-state index in [4.69, 9.17) is 9.15 Å². The Kier molecular flexibility index (Phi) is 7.90. The second kappa shape index (κ2) is 11.1. The molecular formula is C29H29NO6S. The Labute approximate surface area is 216 Å². The van der Waals surface area contributed by atoms with Gasteiger partial charge in [-0.15, -0.1) is 0 Å². The van der Waals surface area contributed by atoms with E-state index in [0.717, 1.165) is 28.5 Å². The van der Waals surface area contributed by atoms with Gasteiger partial charge in [0.25, 0.3) is 0 Å². The second-order valence-corrected chi connectivity index (χ2v) is 10.7. The van der Waals surface area contributed by atoms with Gasteiger partial charge in [0, 0.05) is 17.0 Å². The lowest BCUT2D eigenvalue weighted by molar-refractivity contribution is -0.136. The number of benzene rings is 3. The molecule has 37 heavy (non-hydrogen) atoms. The van der Waals surface area contributed by atoms with Crippen molar-refractivity contribution in [2.75, 3.05) is 0 Å². The molecule has 0 aliphatic rings. The molecule has 1 N–H and O–H groups in total. The predicted octanol–water partition coefficient (Wildman–Crippen LogP) is 4.86. The molecule has 0 saturated carbocycles. The third-order valence-electron chi connectivity index (χ3n) is 6.17. The van der Waals surface area contributed by atoms with Crippen LogP contribution in [0.3, 0.4) is 0 Å². The number of carbonyl (C=O) groups excluding carboxylic acids is 1. The zero-order chi connectivity index (χ0) is 26.6. The molecule has 0 saturated heterocycles. The molecule has 7 nitrogen and oxygen atoms in total. The highest BCUT2D eigenvalue weighted by molar-refractivity contribution is 7.89. The summed E-state index contributed by atoms with van der Waals surface area (Å²) in [6, 6.07) is 19.1. The number of aryl methyl sites for hydroxylation is 2. The number of hydrogen-bond donors (Lipinski definition) is 1. The summed E-state index contributed by atoms with van der Waals surface area (Å²) in [5.74, 6) is -0.628. The Morgan fingerprint density at radius 3 is 2.38 bits per heavy atom. The number of ether oxygens (including phenoxy) is 1. The maximum absolute atomic E-state index is 13.2. The van der Waals surface area contributed by atoms with Crippen LogP contribution in [0.1, 0.15) is 35.6 Å². The molecular weight excluding hydrogens is 490 g/mol. The summed E-state index contributed by atoms with van der Waals surface area (Å²) in [6.07, 6.45) is 1.52. The van der Waals surface area contributed by atoms with Crippen molar-refractivity contribution in [3.8, 4) is 5.75 Å². The molecule has 1 heterocycles. The van der Waals surface area contributed by atoms with Crippen LogP contribution in [-0.2, 0) is 27.7 Å². The van der Waals surface area contributed by atoms with Gasteiger partial charge < -0.3 is 9.15 Å². The van der Waals surface area contributed by atoms with Crippen LogP contribution in [-0.4, -0.2) is 20.4 Å². The third kappa shape index (κ3) is 6.15. The number of rotatable bonds is 9. The Morgan fingerprint density at radius 2 is 1.70 bits per heavy atom. The Morgan fingerprint density at radius 1 is 1.00 bits per heavy atom. The first kappa shape index (κ1) is 26.3. The van der Waals surface area contributed by atoms with Gasteiger partial charge in [-0.1, -0.05) is 61.4 Å². The summed E-state index contributed by atoms with van der Waals surface area (Å²) in [4.78, 5) is 25.7. The molecule has 0 amide bonds. The molecule has 0 spiro atoms. The number of nitrogens with one attached hydrogen (secondary N) is 1. The molecule has 1 aromatic heterocycles. The van der Waals surface area contributed by atoms with Crippen LogP contribution in [0.5, 0.6) is 5.75 Å². The lowest BCUT2D eigenvalue weighted by atomic mass is 10.0. The van der Waals surface area contributed by atoms with Crippen LogP contribution in [0.4, 0.5) is 0 Å². The van der Waals surface area contributed by atoms with Crippen molar-refractivity contribution in [1.82, 2.24) is 4.72 Å². The van der Waals surface area contributed by atoms with Gasteiger partial charge in [0.05, 0.1) is 4.90 Å². The largest absolute Gasteiger partial charge is 0.425 e. The van der Waals surface area contributed by atoms with Crippen molar-refractivity contribution in [3.63, 3.8) is 0 Å². The first-order valence-electron chi connectivity index (χ1n) is 12.1. The van der Waals surface area contributed by atoms with Gasteiger partial charge in [0.2, 0.25) is 10.0 Å². The van der Waals surface area contributed by atoms with E-state index < -0.39 is 27.7 Å². The van der Waals surface area contributed by atoms with E-state index >= 15 is 0 Å². The molecule has 0 fully saturated rings. The molecule has 8 heteroatoms. The first-order chi connectivity index (χ1) is 17.7. The zero-order valence-corrected chi connectivity index (χ0v) is 21.8. The van der Waals surface area contributed by atoms with Crippen molar-refractivity contribution >= 4 is 27.0 Å². The van der Waals surface area contributed by atoms with E-state index in [1.54, 1.807) is 24.3 Å². The first-order valence-corrected chi connectivity index (χ1v) is 13.6. The summed E-state index contributed by atoms with van der Waals surface area (Å²) >= 11 is 0. The van der Waals surface area contributed by atoms with Gasteiger partial charge in [0.15, 0.2) is 0 Å². The van der Waals surface area contributed by atoms with Gasteiger partial charge >= 0.3 is 11.6 Å². The number of hydrogen-bond acceptors (Lipinski definition) is 6. The van der Waals surface area contributed by atoms with Crippen LogP contribution >= 0.6 is 0 Å². The van der Waals surface area contributed by atoms with Crippen LogP contribution < -0.4 is 15.1 Å². The molecule has 3 aromatic carbocycles. The zero-order valence-electron chi connectivity index (χ0n) is 21.0. The topological polar surface area (TPSA) is 103 Å². The highest BCUT2D eigenvalue weighted by Crippen LogP contribution is 2.25. The van der Waals surface area contributed by atoms with Crippen LogP contribution in [0, 0.1) is 13.8 Å². The quantitative estimate of drug-likeness (QED) is 0.193. The highest BCUT2D eigenvalue weighted by atomic mass is 32.2. The number of esters is 1. The average Bonchev–Trinajstić information content (AvgIpc) is 2.87. The van der Waals surface area contributed by atoms with Crippen LogP contribution in [0.15, 0.2) is 86.9 Å². The molecule has 192 valence electrons. The average molecular weight is 520 g/mol. The Bertz CT molecular complexity index is 1580. The minimum absolute atomic E-state index is 0.0507. The summed E-state index contributed by atoms with van der Waals surface area (Å²) in [5.41, 5.74) is 3.03. The Balaban J connectivity index is 1.63. The van der Waals surface area contributed by atoms with E-state index in [0.29, 0.717) is 17.6 Å². The monoisotopic (exact) mass is 519 g/mol. The summed E-state index contributed by atoms with van der Waals surface area (Å²) in [7, 11) is -4.00. The molecule has 0 aliphatic carbocycles. The van der Waals surface area contributed by atoms with Crippen LogP contribution in [0.25, 0.3) is 11.0 Å². The molecule has 0 unspecified atom stereocenters. The third-order valence-corrected chi connectivity index (χ3v) is 7.66. The standard InChI is InChI=1S/C29H29NO6S/c1-4-8-25-20(3)24-16-13-22(18-27(24)36-28(25)31)35-29(32)26(17-21-9-6-5-7-10-21)30-37(33,34)23-14-11-19(2)12-15-23/h5-7,9-16,18,26,30H,4,8,17H2,1-3H3/t26-/m1/s1. The molecule has 4 rings (SSSR count). The summed E-state index contributed by atoms with van der Waals surface area (Å²) < 4.78 is 39.7. The van der Waals surface area contributed by atoms with Gasteiger partial charge in [-0.25, -0.2) is 18.0 Å². The van der Waals surface area contributed by atoms with E-state index in [-0.39, 0.29) is 17.1 Å². The minimum atomic E-state index is -4.00. The molecule has 4 aromatic rings.